The first-order chi connectivity index (χ1) is 10.9. The Bertz CT molecular complexity index is 561. The van der Waals surface area contributed by atoms with E-state index < -0.39 is 7.07 Å². The van der Waals surface area contributed by atoms with E-state index >= 15 is 0 Å². The van der Waals surface area contributed by atoms with Gasteiger partial charge in [0.25, 0.3) is 0 Å². The molecule has 124 valence electrons. The fraction of sp³-hybridized carbons (Fsp3) is 0.368. The van der Waals surface area contributed by atoms with Crippen LogP contribution in [-0.4, -0.2) is 6.16 Å². The van der Waals surface area contributed by atoms with Crippen LogP contribution in [0.5, 0.6) is 11.5 Å². The molecule has 0 aliphatic rings. The van der Waals surface area contributed by atoms with Crippen LogP contribution in [0.4, 0.5) is 0 Å². The molecule has 2 aromatic rings. The summed E-state index contributed by atoms with van der Waals surface area (Å²) < 4.78 is 12.2. The van der Waals surface area contributed by atoms with Gasteiger partial charge in [-0.1, -0.05) is 49.2 Å². The van der Waals surface area contributed by atoms with Crippen molar-refractivity contribution in [2.24, 2.45) is 5.92 Å². The molecule has 0 spiro atoms. The van der Waals surface area contributed by atoms with Crippen LogP contribution in [0.25, 0.3) is 0 Å². The molecule has 0 radical (unpaired) electrons. The Morgan fingerprint density at radius 3 is 1.57 bits per heavy atom. The Labute approximate surface area is 145 Å². The molecule has 2 rings (SSSR count). The molecule has 0 saturated carbocycles. The van der Waals surface area contributed by atoms with Crippen molar-refractivity contribution in [2.45, 2.75) is 34.1 Å². The number of hydrogen-bond donors (Lipinski definition) is 0. The Morgan fingerprint density at radius 2 is 1.22 bits per heavy atom. The molecule has 0 bridgehead atoms. The second-order valence-corrected chi connectivity index (χ2v) is 9.84. The van der Waals surface area contributed by atoms with Crippen LogP contribution in [0.1, 0.15) is 31.4 Å². The maximum absolute atomic E-state index is 6.80. The number of aryl methyl sites for hydroxylation is 2. The topological polar surface area (TPSA) is 18.5 Å². The van der Waals surface area contributed by atoms with Gasteiger partial charge >= 0.3 is 7.07 Å². The van der Waals surface area contributed by atoms with Gasteiger partial charge in [-0.15, -0.1) is 0 Å². The Hall–Kier alpha value is -1.24. The summed E-state index contributed by atoms with van der Waals surface area (Å²) in [5.74, 6) is 2.07. The van der Waals surface area contributed by atoms with E-state index in [1.807, 2.05) is 48.5 Å². The zero-order valence-corrected chi connectivity index (χ0v) is 15.9. The molecule has 0 aliphatic carbocycles. The van der Waals surface area contributed by atoms with Crippen LogP contribution >= 0.6 is 18.3 Å². The molecule has 2 nitrogen and oxygen atoms in total. The third-order valence-electron chi connectivity index (χ3n) is 3.50. The molecule has 0 fully saturated rings. The predicted octanol–water partition coefficient (Wildman–Crippen LogP) is 6.81. The van der Waals surface area contributed by atoms with E-state index in [1.165, 1.54) is 11.1 Å². The number of rotatable bonds is 7. The standard InChI is InChI=1S/C19H25ClO2P/c1-15(2)13-14-23(20,21-18-9-5-16(3)6-10-18)22-19-11-7-17(4)8-12-19/h5-12,15H,13-14H2,1-4H3/q+1. The molecule has 0 N–H and O–H groups in total. The van der Waals surface area contributed by atoms with E-state index in [1.54, 1.807) is 0 Å². The summed E-state index contributed by atoms with van der Waals surface area (Å²) in [5, 5.41) is 0. The van der Waals surface area contributed by atoms with Gasteiger partial charge in [0.2, 0.25) is 0 Å². The molecule has 0 heterocycles. The Morgan fingerprint density at radius 1 is 0.826 bits per heavy atom. The van der Waals surface area contributed by atoms with Gasteiger partial charge in [0.1, 0.15) is 6.16 Å². The molecule has 0 unspecified atom stereocenters. The molecule has 0 amide bonds. The summed E-state index contributed by atoms with van der Waals surface area (Å²) >= 11 is 6.80. The highest BCUT2D eigenvalue weighted by Gasteiger charge is 2.44. The van der Waals surface area contributed by atoms with Crippen molar-refractivity contribution in [2.75, 3.05) is 6.16 Å². The van der Waals surface area contributed by atoms with Crippen molar-refractivity contribution in [3.05, 3.63) is 59.7 Å². The molecular formula is C19H25ClO2P+. The van der Waals surface area contributed by atoms with Crippen molar-refractivity contribution >= 4 is 18.3 Å². The van der Waals surface area contributed by atoms with Crippen LogP contribution in [0.15, 0.2) is 48.5 Å². The van der Waals surface area contributed by atoms with Crippen LogP contribution in [0.3, 0.4) is 0 Å². The van der Waals surface area contributed by atoms with Crippen LogP contribution in [0.2, 0.25) is 0 Å². The van der Waals surface area contributed by atoms with Crippen LogP contribution in [-0.2, 0) is 0 Å². The molecule has 0 saturated heterocycles. The van der Waals surface area contributed by atoms with E-state index in [-0.39, 0.29) is 0 Å². The minimum Gasteiger partial charge on any atom is -0.291 e. The van der Waals surface area contributed by atoms with Crippen molar-refractivity contribution in [1.82, 2.24) is 0 Å². The third kappa shape index (κ3) is 6.05. The highest BCUT2D eigenvalue weighted by atomic mass is 35.7. The van der Waals surface area contributed by atoms with Crippen molar-refractivity contribution < 1.29 is 9.05 Å². The minimum absolute atomic E-state index is 0.552. The second-order valence-electron chi connectivity index (χ2n) is 6.31. The lowest BCUT2D eigenvalue weighted by Crippen LogP contribution is -2.09. The fourth-order valence-corrected chi connectivity index (χ4v) is 4.72. The first kappa shape index (κ1) is 18.1. The molecule has 0 aromatic heterocycles. The monoisotopic (exact) mass is 351 g/mol. The minimum atomic E-state index is -2.53. The zero-order valence-electron chi connectivity index (χ0n) is 14.3. The fourth-order valence-electron chi connectivity index (χ4n) is 2.04. The number of benzene rings is 2. The summed E-state index contributed by atoms with van der Waals surface area (Å²) in [5.41, 5.74) is 2.38. The van der Waals surface area contributed by atoms with Gasteiger partial charge in [-0.2, -0.15) is 0 Å². The van der Waals surface area contributed by atoms with Crippen molar-refractivity contribution in [1.29, 1.82) is 0 Å². The Balaban J connectivity index is 2.16. The molecular weight excluding hydrogens is 327 g/mol. The van der Waals surface area contributed by atoms with Gasteiger partial charge in [0.05, 0.1) is 0 Å². The maximum Gasteiger partial charge on any atom is 0.459 e. The van der Waals surface area contributed by atoms with E-state index in [0.717, 1.165) is 17.9 Å². The van der Waals surface area contributed by atoms with Crippen molar-refractivity contribution in [3.63, 3.8) is 0 Å². The van der Waals surface area contributed by atoms with Gasteiger partial charge in [0, 0.05) is 0 Å². The average molecular weight is 352 g/mol. The lowest BCUT2D eigenvalue weighted by atomic mass is 10.2. The molecule has 23 heavy (non-hydrogen) atoms. The van der Waals surface area contributed by atoms with Crippen LogP contribution < -0.4 is 9.05 Å². The van der Waals surface area contributed by atoms with Gasteiger partial charge in [-0.3, -0.25) is 9.05 Å². The smallest absolute Gasteiger partial charge is 0.291 e. The quantitative estimate of drug-likeness (QED) is 0.510. The summed E-state index contributed by atoms with van der Waals surface area (Å²) in [6, 6.07) is 15.9. The van der Waals surface area contributed by atoms with E-state index in [0.29, 0.717) is 12.1 Å². The summed E-state index contributed by atoms with van der Waals surface area (Å²) in [7, 11) is -2.53. The summed E-state index contributed by atoms with van der Waals surface area (Å²) in [4.78, 5) is 0. The molecule has 0 atom stereocenters. The first-order valence-corrected chi connectivity index (χ1v) is 10.7. The largest absolute Gasteiger partial charge is 0.459 e. The Kier molecular flexibility index (Phi) is 6.33. The normalized spacial score (nSPS) is 11.6. The number of halogens is 1. The molecule has 4 heteroatoms. The van der Waals surface area contributed by atoms with Gasteiger partial charge in [0.15, 0.2) is 22.7 Å². The molecule has 0 aliphatic heterocycles. The predicted molar refractivity (Wildman–Crippen MR) is 101 cm³/mol. The second kappa shape index (κ2) is 8.04. The van der Waals surface area contributed by atoms with Gasteiger partial charge in [-0.25, -0.2) is 0 Å². The third-order valence-corrected chi connectivity index (χ3v) is 6.18. The van der Waals surface area contributed by atoms with Crippen molar-refractivity contribution in [3.8, 4) is 11.5 Å². The maximum atomic E-state index is 6.80. The lowest BCUT2D eigenvalue weighted by molar-refractivity contribution is 0.471. The highest BCUT2D eigenvalue weighted by Crippen LogP contribution is 2.65. The zero-order chi connectivity index (χ0) is 16.9. The first-order valence-electron chi connectivity index (χ1n) is 7.96. The van der Waals surface area contributed by atoms with E-state index in [2.05, 4.69) is 27.7 Å². The average Bonchev–Trinajstić information content (AvgIpc) is 2.50. The summed E-state index contributed by atoms with van der Waals surface area (Å²) in [6.07, 6.45) is 1.68. The van der Waals surface area contributed by atoms with Crippen LogP contribution in [0, 0.1) is 19.8 Å². The number of hydrogen-bond acceptors (Lipinski definition) is 2. The SMILES string of the molecule is Cc1ccc(O[P+](Cl)(CCC(C)C)Oc2ccc(C)cc2)cc1. The highest BCUT2D eigenvalue weighted by molar-refractivity contribution is 7.92. The van der Waals surface area contributed by atoms with E-state index in [4.69, 9.17) is 20.3 Å². The van der Waals surface area contributed by atoms with Gasteiger partial charge in [-0.05, 0) is 50.5 Å². The molecule has 2 aromatic carbocycles. The van der Waals surface area contributed by atoms with E-state index in [9.17, 15) is 0 Å². The lowest BCUT2D eigenvalue weighted by Gasteiger charge is -2.18. The summed E-state index contributed by atoms with van der Waals surface area (Å²) in [6.45, 7) is 8.46. The van der Waals surface area contributed by atoms with Gasteiger partial charge < -0.3 is 0 Å².